The summed E-state index contributed by atoms with van der Waals surface area (Å²) < 4.78 is 16.6. The van der Waals surface area contributed by atoms with E-state index < -0.39 is 18.0 Å². The quantitative estimate of drug-likeness (QED) is 0.463. The van der Waals surface area contributed by atoms with Crippen molar-refractivity contribution in [1.82, 2.24) is 0 Å². The molecule has 1 amide bonds. The standard InChI is InChI=1S/C23H26N2O5/c1-4-6-12-29-20-11-10-18(14-21(20)28-5-2)23(27)30-16(3)22(26)25-19-9-7-8-17(13-19)15-24/h7-11,13-14,16H,4-6,12H2,1-3H3,(H,25,26)/t16-/m0/s1. The number of carbonyl (C=O) groups excluding carboxylic acids is 2. The van der Waals surface area contributed by atoms with Crippen LogP contribution in [0.2, 0.25) is 0 Å². The van der Waals surface area contributed by atoms with Crippen molar-refractivity contribution in [2.24, 2.45) is 0 Å². The molecule has 2 aromatic carbocycles. The van der Waals surface area contributed by atoms with Gasteiger partial charge in [-0.1, -0.05) is 19.4 Å². The lowest BCUT2D eigenvalue weighted by atomic mass is 10.2. The minimum atomic E-state index is -1.03. The van der Waals surface area contributed by atoms with Gasteiger partial charge in [-0.2, -0.15) is 5.26 Å². The predicted octanol–water partition coefficient (Wildman–Crippen LogP) is 4.32. The third-order valence-electron chi connectivity index (χ3n) is 4.15. The molecule has 0 heterocycles. The fraction of sp³-hybridized carbons (Fsp3) is 0.348. The van der Waals surface area contributed by atoms with Crippen LogP contribution in [0.3, 0.4) is 0 Å². The van der Waals surface area contributed by atoms with Gasteiger partial charge in [-0.05, 0) is 56.7 Å². The van der Waals surface area contributed by atoms with Gasteiger partial charge in [0, 0.05) is 5.69 Å². The Hall–Kier alpha value is -3.53. The number of esters is 1. The van der Waals surface area contributed by atoms with Crippen LogP contribution in [0.5, 0.6) is 11.5 Å². The topological polar surface area (TPSA) is 97.6 Å². The third-order valence-corrected chi connectivity index (χ3v) is 4.15. The number of carbonyl (C=O) groups is 2. The van der Waals surface area contributed by atoms with Crippen LogP contribution in [0.1, 0.15) is 49.5 Å². The Labute approximate surface area is 176 Å². The first-order valence-electron chi connectivity index (χ1n) is 9.90. The van der Waals surface area contributed by atoms with Crippen LogP contribution in [0.15, 0.2) is 42.5 Å². The molecule has 0 aliphatic carbocycles. The van der Waals surface area contributed by atoms with Gasteiger partial charge in [-0.15, -0.1) is 0 Å². The molecule has 0 spiro atoms. The van der Waals surface area contributed by atoms with Crippen LogP contribution in [0.25, 0.3) is 0 Å². The lowest BCUT2D eigenvalue weighted by molar-refractivity contribution is -0.123. The zero-order valence-corrected chi connectivity index (χ0v) is 17.4. The van der Waals surface area contributed by atoms with Gasteiger partial charge in [-0.25, -0.2) is 4.79 Å². The third kappa shape index (κ3) is 6.52. The Morgan fingerprint density at radius 1 is 1.10 bits per heavy atom. The highest BCUT2D eigenvalue weighted by Gasteiger charge is 2.20. The fourth-order valence-corrected chi connectivity index (χ4v) is 2.54. The Bertz CT molecular complexity index is 920. The van der Waals surface area contributed by atoms with Crippen molar-refractivity contribution in [3.05, 3.63) is 53.6 Å². The predicted molar refractivity (Wildman–Crippen MR) is 113 cm³/mol. The summed E-state index contributed by atoms with van der Waals surface area (Å²) in [5.41, 5.74) is 1.13. The molecule has 7 heteroatoms. The molecule has 0 aliphatic heterocycles. The maximum absolute atomic E-state index is 12.5. The lowest BCUT2D eigenvalue weighted by Gasteiger charge is -2.15. The Kier molecular flexibility index (Phi) is 8.70. The summed E-state index contributed by atoms with van der Waals surface area (Å²) in [6, 6.07) is 13.3. The number of nitrogens with zero attached hydrogens (tertiary/aromatic N) is 1. The monoisotopic (exact) mass is 410 g/mol. The van der Waals surface area contributed by atoms with E-state index in [9.17, 15) is 9.59 Å². The van der Waals surface area contributed by atoms with Gasteiger partial charge in [0.15, 0.2) is 17.6 Å². The highest BCUT2D eigenvalue weighted by Crippen LogP contribution is 2.29. The van der Waals surface area contributed by atoms with Crippen LogP contribution in [-0.4, -0.2) is 31.2 Å². The summed E-state index contributed by atoms with van der Waals surface area (Å²) in [4.78, 5) is 24.8. The van der Waals surface area contributed by atoms with E-state index in [0.29, 0.717) is 36.0 Å². The first-order valence-corrected chi connectivity index (χ1v) is 9.90. The van der Waals surface area contributed by atoms with Gasteiger partial charge in [0.2, 0.25) is 0 Å². The number of nitriles is 1. The normalized spacial score (nSPS) is 11.1. The Balaban J connectivity index is 2.03. The van der Waals surface area contributed by atoms with Gasteiger partial charge in [0.25, 0.3) is 5.91 Å². The van der Waals surface area contributed by atoms with Gasteiger partial charge in [-0.3, -0.25) is 4.79 Å². The van der Waals surface area contributed by atoms with Gasteiger partial charge in [0.05, 0.1) is 30.4 Å². The van der Waals surface area contributed by atoms with E-state index in [0.717, 1.165) is 12.8 Å². The second-order valence-corrected chi connectivity index (χ2v) is 6.53. The van der Waals surface area contributed by atoms with Crippen LogP contribution in [0.4, 0.5) is 5.69 Å². The first-order chi connectivity index (χ1) is 14.5. The molecule has 2 aromatic rings. The number of anilines is 1. The van der Waals surface area contributed by atoms with Crippen molar-refractivity contribution in [2.75, 3.05) is 18.5 Å². The van der Waals surface area contributed by atoms with Crippen LogP contribution >= 0.6 is 0 Å². The van der Waals surface area contributed by atoms with Crippen molar-refractivity contribution >= 4 is 17.6 Å². The number of nitrogens with one attached hydrogen (secondary N) is 1. The molecular weight excluding hydrogens is 384 g/mol. The molecule has 0 aliphatic rings. The molecule has 0 radical (unpaired) electrons. The lowest BCUT2D eigenvalue weighted by Crippen LogP contribution is -2.30. The summed E-state index contributed by atoms with van der Waals surface area (Å²) in [7, 11) is 0. The highest BCUT2D eigenvalue weighted by atomic mass is 16.5. The molecule has 1 atom stereocenters. The number of hydrogen-bond donors (Lipinski definition) is 1. The van der Waals surface area contributed by atoms with Crippen LogP contribution in [0, 0.1) is 11.3 Å². The average Bonchev–Trinajstić information content (AvgIpc) is 2.75. The molecule has 1 N–H and O–H groups in total. The molecule has 30 heavy (non-hydrogen) atoms. The van der Waals surface area contributed by atoms with Crippen LogP contribution in [-0.2, 0) is 9.53 Å². The molecule has 2 rings (SSSR count). The number of ether oxygens (including phenoxy) is 3. The number of rotatable bonds is 10. The molecule has 0 unspecified atom stereocenters. The zero-order chi connectivity index (χ0) is 21.9. The van der Waals surface area contributed by atoms with E-state index in [-0.39, 0.29) is 5.56 Å². The Morgan fingerprint density at radius 3 is 2.60 bits per heavy atom. The molecular formula is C23H26N2O5. The summed E-state index contributed by atoms with van der Waals surface area (Å²) in [5.74, 6) is -0.133. The zero-order valence-electron chi connectivity index (χ0n) is 17.4. The Morgan fingerprint density at radius 2 is 1.90 bits per heavy atom. The highest BCUT2D eigenvalue weighted by molar-refractivity contribution is 5.97. The van der Waals surface area contributed by atoms with Gasteiger partial charge >= 0.3 is 5.97 Å². The van der Waals surface area contributed by atoms with Crippen molar-refractivity contribution in [2.45, 2.75) is 39.7 Å². The number of benzene rings is 2. The molecule has 0 fully saturated rings. The van der Waals surface area contributed by atoms with E-state index in [1.807, 2.05) is 13.0 Å². The van der Waals surface area contributed by atoms with Crippen LogP contribution < -0.4 is 14.8 Å². The summed E-state index contributed by atoms with van der Waals surface area (Å²) in [6.07, 6.45) is 0.897. The number of amides is 1. The van der Waals surface area contributed by atoms with Crippen molar-refractivity contribution in [3.8, 4) is 17.6 Å². The van der Waals surface area contributed by atoms with E-state index in [2.05, 4.69) is 12.2 Å². The molecule has 7 nitrogen and oxygen atoms in total. The largest absolute Gasteiger partial charge is 0.490 e. The average molecular weight is 410 g/mol. The summed E-state index contributed by atoms with van der Waals surface area (Å²) >= 11 is 0. The smallest absolute Gasteiger partial charge is 0.339 e. The van der Waals surface area contributed by atoms with E-state index in [4.69, 9.17) is 19.5 Å². The second-order valence-electron chi connectivity index (χ2n) is 6.53. The van der Waals surface area contributed by atoms with Crippen molar-refractivity contribution in [1.29, 1.82) is 5.26 Å². The van der Waals surface area contributed by atoms with E-state index >= 15 is 0 Å². The van der Waals surface area contributed by atoms with E-state index in [1.54, 1.807) is 36.4 Å². The molecule has 0 bridgehead atoms. The van der Waals surface area contributed by atoms with E-state index in [1.165, 1.54) is 13.0 Å². The number of unbranched alkanes of at least 4 members (excludes halogenated alkanes) is 1. The minimum Gasteiger partial charge on any atom is -0.490 e. The summed E-state index contributed by atoms with van der Waals surface area (Å²) in [5, 5.41) is 11.6. The first kappa shape index (κ1) is 22.8. The van der Waals surface area contributed by atoms with Gasteiger partial charge in [0.1, 0.15) is 0 Å². The molecule has 158 valence electrons. The molecule has 0 saturated carbocycles. The summed E-state index contributed by atoms with van der Waals surface area (Å²) in [6.45, 7) is 6.37. The maximum Gasteiger partial charge on any atom is 0.339 e. The maximum atomic E-state index is 12.5. The molecule has 0 aromatic heterocycles. The van der Waals surface area contributed by atoms with Crippen molar-refractivity contribution < 1.29 is 23.8 Å². The minimum absolute atomic E-state index is 0.257. The van der Waals surface area contributed by atoms with Gasteiger partial charge < -0.3 is 19.5 Å². The number of hydrogen-bond acceptors (Lipinski definition) is 6. The molecule has 0 saturated heterocycles. The van der Waals surface area contributed by atoms with Crippen molar-refractivity contribution in [3.63, 3.8) is 0 Å². The SMILES string of the molecule is CCCCOc1ccc(C(=O)O[C@@H](C)C(=O)Nc2cccc(C#N)c2)cc1OCC. The fourth-order valence-electron chi connectivity index (χ4n) is 2.54. The second kappa shape index (κ2) is 11.5.